The minimum absolute atomic E-state index is 0.587. The molecule has 2 aromatic rings. The number of hydrogen-bond donors (Lipinski definition) is 2. The first kappa shape index (κ1) is 13.6. The molecule has 0 aliphatic carbocycles. The van der Waals surface area contributed by atoms with E-state index in [0.29, 0.717) is 5.95 Å². The highest BCUT2D eigenvalue weighted by Gasteiger charge is 2.04. The highest BCUT2D eigenvalue weighted by atomic mass is 79.9. The second-order valence-corrected chi connectivity index (χ2v) is 4.89. The molecule has 2 N–H and O–H groups in total. The fourth-order valence-corrected chi connectivity index (χ4v) is 2.12. The second-order valence-electron chi connectivity index (χ2n) is 3.97. The van der Waals surface area contributed by atoms with Crippen LogP contribution in [0.25, 0.3) is 0 Å². The van der Waals surface area contributed by atoms with Crippen LogP contribution < -0.4 is 15.4 Å². The molecule has 0 saturated carbocycles. The maximum absolute atomic E-state index is 5.23. The zero-order valence-corrected chi connectivity index (χ0v) is 12.6. The molecule has 0 amide bonds. The zero-order chi connectivity index (χ0) is 13.8. The van der Waals surface area contributed by atoms with E-state index < -0.39 is 0 Å². The number of ether oxygens (including phenoxy) is 1. The summed E-state index contributed by atoms with van der Waals surface area (Å²) in [6, 6.07) is 7.64. The van der Waals surface area contributed by atoms with Crippen LogP contribution >= 0.6 is 15.9 Å². The maximum Gasteiger partial charge on any atom is 0.224 e. The smallest absolute Gasteiger partial charge is 0.224 e. The lowest BCUT2D eigenvalue weighted by Crippen LogP contribution is -2.02. The van der Waals surface area contributed by atoms with Crippen molar-refractivity contribution in [2.45, 2.75) is 6.92 Å². The number of aryl methyl sites for hydroxylation is 1. The summed E-state index contributed by atoms with van der Waals surface area (Å²) in [5.41, 5.74) is 1.79. The Balaban J connectivity index is 2.30. The summed E-state index contributed by atoms with van der Waals surface area (Å²) in [4.78, 5) is 8.59. The Kier molecular flexibility index (Phi) is 4.21. The van der Waals surface area contributed by atoms with Crippen molar-refractivity contribution in [3.8, 4) is 5.75 Å². The summed E-state index contributed by atoms with van der Waals surface area (Å²) in [5.74, 6) is 2.10. The standard InChI is InChI=1S/C13H15BrN4O/c1-8-4-12(18-13(15-2)16-8)17-10-5-9(14)6-11(7-10)19-3/h4-7H,1-3H3,(H2,15,16,17,18). The molecule has 0 unspecified atom stereocenters. The molecular formula is C13H15BrN4O. The molecule has 0 aliphatic heterocycles. The van der Waals surface area contributed by atoms with E-state index in [0.717, 1.165) is 27.4 Å². The van der Waals surface area contributed by atoms with Gasteiger partial charge in [-0.25, -0.2) is 4.98 Å². The normalized spacial score (nSPS) is 10.1. The molecule has 0 fully saturated rings. The van der Waals surface area contributed by atoms with Gasteiger partial charge in [-0.15, -0.1) is 0 Å². The van der Waals surface area contributed by atoms with Gasteiger partial charge in [0.25, 0.3) is 0 Å². The molecular weight excluding hydrogens is 308 g/mol. The van der Waals surface area contributed by atoms with E-state index in [1.54, 1.807) is 14.2 Å². The molecule has 6 heteroatoms. The number of halogens is 1. The van der Waals surface area contributed by atoms with Crippen molar-refractivity contribution in [3.63, 3.8) is 0 Å². The zero-order valence-electron chi connectivity index (χ0n) is 11.0. The molecule has 2 rings (SSSR count). The van der Waals surface area contributed by atoms with Gasteiger partial charge >= 0.3 is 0 Å². The molecule has 1 aromatic carbocycles. The van der Waals surface area contributed by atoms with Gasteiger partial charge in [-0.1, -0.05) is 15.9 Å². The third-order valence-corrected chi connectivity index (χ3v) is 2.92. The Morgan fingerprint density at radius 1 is 1.16 bits per heavy atom. The van der Waals surface area contributed by atoms with Crippen LogP contribution in [0.4, 0.5) is 17.5 Å². The lowest BCUT2D eigenvalue weighted by atomic mass is 10.3. The first-order chi connectivity index (χ1) is 9.10. The first-order valence-corrected chi connectivity index (χ1v) is 6.55. The number of nitrogens with zero attached hydrogens (tertiary/aromatic N) is 2. The van der Waals surface area contributed by atoms with Crippen molar-refractivity contribution in [1.29, 1.82) is 0 Å². The number of rotatable bonds is 4. The molecule has 19 heavy (non-hydrogen) atoms. The van der Waals surface area contributed by atoms with Crippen LogP contribution in [-0.2, 0) is 0 Å². The molecule has 1 aromatic heterocycles. The van der Waals surface area contributed by atoms with Gasteiger partial charge in [0.1, 0.15) is 11.6 Å². The summed E-state index contributed by atoms with van der Waals surface area (Å²) in [6.45, 7) is 1.93. The minimum atomic E-state index is 0.587. The van der Waals surface area contributed by atoms with Crippen molar-refractivity contribution >= 4 is 33.4 Å². The van der Waals surface area contributed by atoms with Crippen LogP contribution in [0.3, 0.4) is 0 Å². The van der Waals surface area contributed by atoms with Gasteiger partial charge in [0.05, 0.1) is 7.11 Å². The number of anilines is 3. The van der Waals surface area contributed by atoms with E-state index in [1.165, 1.54) is 0 Å². The van der Waals surface area contributed by atoms with Crippen molar-refractivity contribution in [2.24, 2.45) is 0 Å². The molecule has 0 bridgehead atoms. The second kappa shape index (κ2) is 5.88. The molecule has 0 spiro atoms. The molecule has 1 heterocycles. The van der Waals surface area contributed by atoms with Gasteiger partial charge in [0.15, 0.2) is 0 Å². The van der Waals surface area contributed by atoms with E-state index in [1.807, 2.05) is 31.2 Å². The van der Waals surface area contributed by atoms with E-state index in [9.17, 15) is 0 Å². The predicted molar refractivity (Wildman–Crippen MR) is 80.3 cm³/mol. The van der Waals surface area contributed by atoms with E-state index >= 15 is 0 Å². The fraction of sp³-hybridized carbons (Fsp3) is 0.231. The molecule has 0 atom stereocenters. The summed E-state index contributed by atoms with van der Waals surface area (Å²) in [6.07, 6.45) is 0. The van der Waals surface area contributed by atoms with Gasteiger partial charge in [0, 0.05) is 35.0 Å². The lowest BCUT2D eigenvalue weighted by molar-refractivity contribution is 0.415. The van der Waals surface area contributed by atoms with Crippen LogP contribution in [-0.4, -0.2) is 24.1 Å². The van der Waals surface area contributed by atoms with Crippen LogP contribution in [0.15, 0.2) is 28.7 Å². The third-order valence-electron chi connectivity index (χ3n) is 2.46. The maximum atomic E-state index is 5.23. The van der Waals surface area contributed by atoms with E-state index in [-0.39, 0.29) is 0 Å². The number of aromatic nitrogens is 2. The largest absolute Gasteiger partial charge is 0.497 e. The lowest BCUT2D eigenvalue weighted by Gasteiger charge is -2.10. The van der Waals surface area contributed by atoms with Gasteiger partial charge in [-0.3, -0.25) is 0 Å². The first-order valence-electron chi connectivity index (χ1n) is 5.76. The third kappa shape index (κ3) is 3.57. The number of nitrogens with one attached hydrogen (secondary N) is 2. The summed E-state index contributed by atoms with van der Waals surface area (Å²) >= 11 is 3.44. The molecule has 0 saturated heterocycles. The quantitative estimate of drug-likeness (QED) is 0.904. The molecule has 0 aliphatic rings. The Morgan fingerprint density at radius 3 is 2.63 bits per heavy atom. The monoisotopic (exact) mass is 322 g/mol. The molecule has 5 nitrogen and oxygen atoms in total. The van der Waals surface area contributed by atoms with Crippen LogP contribution in [0.5, 0.6) is 5.75 Å². The van der Waals surface area contributed by atoms with Crippen molar-refractivity contribution in [2.75, 3.05) is 24.8 Å². The Bertz CT molecular complexity index is 537. The Labute approximate surface area is 120 Å². The number of hydrogen-bond acceptors (Lipinski definition) is 5. The number of methoxy groups -OCH3 is 1. The van der Waals surface area contributed by atoms with Gasteiger partial charge in [-0.2, -0.15) is 4.98 Å². The Hall–Kier alpha value is -1.82. The summed E-state index contributed by atoms with van der Waals surface area (Å²) < 4.78 is 6.17. The van der Waals surface area contributed by atoms with Crippen molar-refractivity contribution < 1.29 is 4.74 Å². The fourth-order valence-electron chi connectivity index (χ4n) is 1.65. The summed E-state index contributed by atoms with van der Waals surface area (Å²) in [7, 11) is 3.43. The van der Waals surface area contributed by atoms with Crippen molar-refractivity contribution in [1.82, 2.24) is 9.97 Å². The van der Waals surface area contributed by atoms with Crippen LogP contribution in [0.2, 0.25) is 0 Å². The highest BCUT2D eigenvalue weighted by Crippen LogP contribution is 2.26. The topological polar surface area (TPSA) is 59.1 Å². The van der Waals surface area contributed by atoms with Gasteiger partial charge in [-0.05, 0) is 19.1 Å². The van der Waals surface area contributed by atoms with Gasteiger partial charge in [0.2, 0.25) is 5.95 Å². The average Bonchev–Trinajstić information content (AvgIpc) is 2.37. The van der Waals surface area contributed by atoms with E-state index in [4.69, 9.17) is 4.74 Å². The van der Waals surface area contributed by atoms with Crippen LogP contribution in [0, 0.1) is 6.92 Å². The van der Waals surface area contributed by atoms with Gasteiger partial charge < -0.3 is 15.4 Å². The van der Waals surface area contributed by atoms with Crippen LogP contribution in [0.1, 0.15) is 5.69 Å². The molecule has 100 valence electrons. The molecule has 0 radical (unpaired) electrons. The average molecular weight is 323 g/mol. The van der Waals surface area contributed by atoms with E-state index in [2.05, 4.69) is 36.5 Å². The number of benzene rings is 1. The van der Waals surface area contributed by atoms with Crippen molar-refractivity contribution in [3.05, 3.63) is 34.4 Å². The Morgan fingerprint density at radius 2 is 1.95 bits per heavy atom. The SMILES string of the molecule is CNc1nc(C)cc(Nc2cc(Br)cc(OC)c2)n1. The minimum Gasteiger partial charge on any atom is -0.497 e. The predicted octanol–water partition coefficient (Wildman–Crippen LogP) is 3.34. The highest BCUT2D eigenvalue weighted by molar-refractivity contribution is 9.10. The summed E-state index contributed by atoms with van der Waals surface area (Å²) in [5, 5.41) is 6.17.